The van der Waals surface area contributed by atoms with Gasteiger partial charge in [-0.25, -0.2) is 39.9 Å². The number of carbonyl (C=O) groups excluding carboxylic acids is 1. The van der Waals surface area contributed by atoms with Gasteiger partial charge in [-0.1, -0.05) is 13.0 Å². The topological polar surface area (TPSA) is 318 Å². The highest BCUT2D eigenvalue weighted by Gasteiger charge is 2.36. The van der Waals surface area contributed by atoms with Gasteiger partial charge in [-0.2, -0.15) is 63.2 Å². The second kappa shape index (κ2) is 46.9. The van der Waals surface area contributed by atoms with Crippen LogP contribution in [0.4, 0.5) is 76.0 Å². The molecule has 20 rings (SSSR count). The van der Waals surface area contributed by atoms with Crippen molar-refractivity contribution in [1.29, 1.82) is 10.5 Å². The predicted octanol–water partition coefficient (Wildman–Crippen LogP) is 23.4. The number of nitriles is 2. The van der Waals surface area contributed by atoms with Crippen molar-refractivity contribution in [1.82, 2.24) is 78.6 Å². The molecule has 1 atom stereocenters. The van der Waals surface area contributed by atoms with Gasteiger partial charge in [-0.15, -0.1) is 45.3 Å². The average molecular weight is 2130 g/mol. The predicted molar refractivity (Wildman–Crippen MR) is 561 cm³/mol. The molecule has 4 saturated heterocycles. The van der Waals surface area contributed by atoms with Crippen LogP contribution in [0.5, 0.6) is 17.2 Å². The minimum atomic E-state index is -4.27. The summed E-state index contributed by atoms with van der Waals surface area (Å²) >= 11 is 4.26. The zero-order valence-corrected chi connectivity index (χ0v) is 86.8. The quantitative estimate of drug-likeness (QED) is 0.0199. The number of aromatic amines is 2. The number of rotatable bonds is 31. The van der Waals surface area contributed by atoms with E-state index in [1.165, 1.54) is 77.0 Å². The number of alkyl halides is 12. The van der Waals surface area contributed by atoms with E-state index < -0.39 is 50.4 Å². The molecule has 0 amide bonds. The highest BCUT2D eigenvalue weighted by atomic mass is 32.1. The van der Waals surface area contributed by atoms with Crippen molar-refractivity contribution in [3.8, 4) is 29.4 Å². The maximum atomic E-state index is 12.9. The maximum absolute atomic E-state index is 12.9. The summed E-state index contributed by atoms with van der Waals surface area (Å²) in [6.07, 6.45) is -8.05. The number of halogens is 12. The number of anilines is 4. The number of likely N-dealkylation sites (tertiary alicyclic amines) is 4. The number of aliphatic hydroxyl groups excluding tert-OH is 1. The average Bonchev–Trinajstić information content (AvgIpc) is 1.63. The van der Waals surface area contributed by atoms with Crippen LogP contribution in [0.2, 0.25) is 0 Å². The van der Waals surface area contributed by atoms with Crippen molar-refractivity contribution in [2.45, 2.75) is 221 Å². The van der Waals surface area contributed by atoms with Crippen LogP contribution in [0.1, 0.15) is 156 Å². The second-order valence-electron chi connectivity index (χ2n) is 38.6. The van der Waals surface area contributed by atoms with E-state index in [0.717, 1.165) is 224 Å². The number of benzene rings is 4. The fourth-order valence-electron chi connectivity index (χ4n) is 20.0. The van der Waals surface area contributed by atoms with Crippen molar-refractivity contribution in [2.24, 2.45) is 5.92 Å². The third-order valence-corrected chi connectivity index (χ3v) is 31.2. The first kappa shape index (κ1) is 108. The smallest absolute Gasteiger partial charge is 0.393 e. The fraction of sp³-hybridized carbons (Fsp3) is 0.443. The Morgan fingerprint density at radius 1 is 0.430 bits per heavy atom. The monoisotopic (exact) mass is 2130 g/mol. The van der Waals surface area contributed by atoms with Gasteiger partial charge in [-0.3, -0.25) is 24.4 Å². The van der Waals surface area contributed by atoms with Crippen molar-refractivity contribution in [3.63, 3.8) is 0 Å². The second-order valence-corrected chi connectivity index (χ2v) is 43.1. The molecule has 0 spiro atoms. The van der Waals surface area contributed by atoms with Gasteiger partial charge in [0.05, 0.1) is 84.6 Å². The molecule has 16 aromatic rings. The van der Waals surface area contributed by atoms with E-state index in [4.69, 9.17) is 14.2 Å². The minimum absolute atomic E-state index is 0.0166. The lowest BCUT2D eigenvalue weighted by Crippen LogP contribution is -2.39. The molecule has 12 aromatic heterocycles. The summed E-state index contributed by atoms with van der Waals surface area (Å²) < 4.78 is 176. The molecule has 0 bridgehead atoms. The normalized spacial score (nSPS) is 15.7. The summed E-state index contributed by atoms with van der Waals surface area (Å²) in [5.41, 5.74) is 13.2. The number of ketones is 1. The van der Waals surface area contributed by atoms with Crippen molar-refractivity contribution in [2.75, 3.05) is 100 Å². The number of aryl methyl sites for hydroxylation is 3. The molecule has 16 heterocycles. The molecule has 4 aliphatic heterocycles. The Kier molecular flexibility index (Phi) is 33.9. The summed E-state index contributed by atoms with van der Waals surface area (Å²) in [6, 6.07) is 36.1. The molecule has 27 nitrogen and oxygen atoms in total. The van der Waals surface area contributed by atoms with Gasteiger partial charge in [0.25, 0.3) is 0 Å². The van der Waals surface area contributed by atoms with Gasteiger partial charge >= 0.3 is 24.7 Å². The molecule has 4 aliphatic rings. The lowest BCUT2D eigenvalue weighted by molar-refractivity contribution is -0.127. The summed E-state index contributed by atoms with van der Waals surface area (Å²) in [4.78, 5) is 65.4. The van der Waals surface area contributed by atoms with Gasteiger partial charge < -0.3 is 59.7 Å². The zero-order valence-electron chi connectivity index (χ0n) is 83.6. The summed E-state index contributed by atoms with van der Waals surface area (Å²) in [6.45, 7) is 28.0. The molecule has 149 heavy (non-hydrogen) atoms. The van der Waals surface area contributed by atoms with Crippen LogP contribution < -0.4 is 35.5 Å². The van der Waals surface area contributed by atoms with Crippen LogP contribution in [-0.2, 0) is 69.7 Å². The summed E-state index contributed by atoms with van der Waals surface area (Å²) in [7, 11) is 0. The number of fused-ring (bicyclic) bond motifs is 8. The lowest BCUT2D eigenvalue weighted by atomic mass is 10.0. The van der Waals surface area contributed by atoms with Crippen LogP contribution in [0.25, 0.3) is 84.5 Å². The van der Waals surface area contributed by atoms with E-state index in [0.29, 0.717) is 115 Å². The van der Waals surface area contributed by atoms with Crippen LogP contribution in [0.3, 0.4) is 0 Å². The standard InChI is InChI=1S/C29H33F3N6O2S.C28H29F3N6O2S.C25H28F3N5OS.C24H26F3N5S/c1-3-40-26-11-25-19(9-22(13-33)38(25)14-18(2)16-39)8-20(26)15-37-6-4-21(5-7-37)36-27-24-10-23(12-29(30,31)32)41-28(24)35-17-34-27;1-3-39-25-11-24-18(9-21(13-32)37(24)14-17(2)38)8-19(25)15-36-6-4-20(5-7-36)35-26-23-10-22(12-28(29,30)31)40-27(23)34-16-33-26;1-3-34-22-11-21-16(8-15(2)31-21)9-17(22)13-33-6-4-18(5-7-33)32-23-20-10-19(12-25(26,27)28)35-24(20)30-14-29-23;1-14-3-4-21-18(9-15(2)30-21)20(14)12-32-7-5-16(6-8-32)31-22-19-10-17(11-24(25,26)27)33-23(19)29-13-28-22/h8-11,17-18,21,39H,3-7,12,14-16H2,1-2H3,(H,34,35,36);8-11,16,20H,3-7,12,14-15H2,1-2H3,(H,33,34,35);8-11,14,18,31H,3-7,12-13H2,1-2H3,(H,29,30,32);3-4,9-10,13,16,30H,5-8,11-12H2,1-2H3,(H,28,29,31)/t18-;;;/m0.../s1. The third kappa shape index (κ3) is 27.6. The molecule has 4 fully saturated rings. The number of hydrogen-bond donors (Lipinski definition) is 7. The Balaban J connectivity index is 0.000000136. The van der Waals surface area contributed by atoms with E-state index in [-0.39, 0.29) is 68.5 Å². The molecule has 43 heteroatoms. The fourth-order valence-corrected chi connectivity index (χ4v) is 24.1. The molecule has 0 radical (unpaired) electrons. The van der Waals surface area contributed by atoms with Gasteiger partial charge in [0.2, 0.25) is 0 Å². The Bertz CT molecular complexity index is 7480. The maximum Gasteiger partial charge on any atom is 0.393 e. The summed E-state index contributed by atoms with van der Waals surface area (Å²) in [5.74, 6) is 4.82. The van der Waals surface area contributed by atoms with Gasteiger partial charge in [-0.05, 0) is 190 Å². The van der Waals surface area contributed by atoms with Gasteiger partial charge in [0.15, 0.2) is 0 Å². The number of piperidine rings is 4. The molecular formula is C106H116F12N22O5S4. The van der Waals surface area contributed by atoms with Gasteiger partial charge in [0.1, 0.15) is 114 Å². The van der Waals surface area contributed by atoms with E-state index in [1.54, 1.807) is 28.8 Å². The van der Waals surface area contributed by atoms with E-state index in [1.807, 2.05) is 56.5 Å². The molecule has 788 valence electrons. The van der Waals surface area contributed by atoms with Crippen LogP contribution in [0.15, 0.2) is 122 Å². The third-order valence-electron chi connectivity index (χ3n) is 27.0. The summed E-state index contributed by atoms with van der Waals surface area (Å²) in [5, 5.41) is 49.6. The molecule has 0 unspecified atom stereocenters. The molecule has 7 N–H and O–H groups in total. The van der Waals surface area contributed by atoms with E-state index in [9.17, 15) is 73.1 Å². The van der Waals surface area contributed by atoms with Gasteiger partial charge in [0, 0.05) is 214 Å². The zero-order chi connectivity index (χ0) is 105. The van der Waals surface area contributed by atoms with Crippen molar-refractivity contribution in [3.05, 3.63) is 192 Å². The number of H-pyrrole nitrogens is 2. The Morgan fingerprint density at radius 2 is 0.758 bits per heavy atom. The number of aromatic nitrogens is 12. The number of thiophene rings is 4. The number of hydrogen-bond acceptors (Lipinski definition) is 27. The first-order valence-electron chi connectivity index (χ1n) is 49.8. The van der Waals surface area contributed by atoms with Crippen molar-refractivity contribution >= 4 is 159 Å². The van der Waals surface area contributed by atoms with Crippen molar-refractivity contribution < 1.29 is 76.8 Å². The number of Topliss-reactive ketones (excluding diaryl/α,β-unsaturated/α-hetero) is 1. The first-order chi connectivity index (χ1) is 71.3. The SMILES string of the molecule is CCOc1cc2[nH]c(C)cc2cc1CN1CCC(Nc2ncnc3sc(CC(F)(F)F)cc23)CC1.CCOc1cc2c(cc1CN1CCC(Nc3ncnc4sc(CC(F)(F)F)cc34)CC1)cc(C#N)n2CC(C)=O.CCOc1cc2c(cc1CN1CCC(Nc3ncnc4sc(CC(F)(F)F)cc34)CC1)cc(C#N)n2C[C@H](C)CO.Cc1cc2c(CN3CCC(Nc4ncnc5sc(CC(F)(F)F)cc45)CC3)c(C)ccc2[nH]1. The largest absolute Gasteiger partial charge is 0.493 e. The molecule has 4 aromatic carbocycles. The molecular weight excluding hydrogens is 2020 g/mol. The Hall–Kier alpha value is -12.6. The molecule has 0 saturated carbocycles. The Labute approximate surface area is 867 Å². The van der Waals surface area contributed by atoms with Crippen LogP contribution >= 0.6 is 45.3 Å². The van der Waals surface area contributed by atoms with E-state index in [2.05, 4.69) is 166 Å². The first-order valence-corrected chi connectivity index (χ1v) is 53.1. The van der Waals surface area contributed by atoms with E-state index >= 15 is 0 Å². The highest BCUT2D eigenvalue weighted by molar-refractivity contribution is 7.19. The Morgan fingerprint density at radius 3 is 1.10 bits per heavy atom. The lowest BCUT2D eigenvalue weighted by Gasteiger charge is -2.33. The van der Waals surface area contributed by atoms with Crippen LogP contribution in [-0.4, -0.2) is 217 Å². The number of aliphatic hydroxyl groups is 1. The minimum Gasteiger partial charge on any atom is -0.493 e. The number of nitrogens with zero attached hydrogens (tertiary/aromatic N) is 16. The highest BCUT2D eigenvalue weighted by Crippen LogP contribution is 2.43. The van der Waals surface area contributed by atoms with Crippen LogP contribution in [0, 0.1) is 49.4 Å². The number of carbonyl (C=O) groups is 1. The number of ether oxygens (including phenoxy) is 3. The molecule has 0 aliphatic carbocycles. The number of nitrogens with one attached hydrogen (secondary N) is 6.